The van der Waals surface area contributed by atoms with Gasteiger partial charge < -0.3 is 5.73 Å². The third kappa shape index (κ3) is 1.06. The third-order valence-corrected chi connectivity index (χ3v) is 3.63. The molecule has 2 aliphatic carbocycles. The fraction of sp³-hybridized carbons (Fsp3) is 0.500. The van der Waals surface area contributed by atoms with E-state index in [0.29, 0.717) is 5.41 Å². The molecule has 68 valence electrons. The highest BCUT2D eigenvalue weighted by Gasteiger charge is 2.54. The van der Waals surface area contributed by atoms with Crippen molar-refractivity contribution in [3.63, 3.8) is 0 Å². The minimum Gasteiger partial charge on any atom is -0.399 e. The molecule has 0 spiro atoms. The first-order valence-electron chi connectivity index (χ1n) is 5.17. The highest BCUT2D eigenvalue weighted by molar-refractivity contribution is 5.44. The van der Waals surface area contributed by atoms with Crippen LogP contribution in [0.1, 0.15) is 31.2 Å². The minimum atomic E-state index is 0.591. The van der Waals surface area contributed by atoms with E-state index < -0.39 is 0 Å². The van der Waals surface area contributed by atoms with E-state index in [0.717, 1.165) is 11.6 Å². The summed E-state index contributed by atoms with van der Waals surface area (Å²) in [5, 5.41) is 0. The molecule has 0 heterocycles. The van der Waals surface area contributed by atoms with E-state index in [2.05, 4.69) is 12.1 Å². The number of benzene rings is 1. The summed E-state index contributed by atoms with van der Waals surface area (Å²) in [5.41, 5.74) is 8.69. The maximum Gasteiger partial charge on any atom is 0.0314 e. The summed E-state index contributed by atoms with van der Waals surface area (Å²) in [4.78, 5) is 0. The van der Waals surface area contributed by atoms with Crippen LogP contribution in [-0.4, -0.2) is 0 Å². The standard InChI is InChI=1S/C12H15N/c13-11-5-3-10(4-6-11)12(7-8-12)9-1-2-9/h3-6,9H,1-2,7-8,13H2. The minimum absolute atomic E-state index is 0.591. The van der Waals surface area contributed by atoms with Gasteiger partial charge in [0.15, 0.2) is 0 Å². The molecule has 13 heavy (non-hydrogen) atoms. The average molecular weight is 173 g/mol. The smallest absolute Gasteiger partial charge is 0.0314 e. The molecule has 1 nitrogen and oxygen atoms in total. The van der Waals surface area contributed by atoms with Gasteiger partial charge in [-0.3, -0.25) is 0 Å². The van der Waals surface area contributed by atoms with Crippen LogP contribution in [0.3, 0.4) is 0 Å². The molecule has 1 aromatic carbocycles. The second kappa shape index (κ2) is 2.28. The van der Waals surface area contributed by atoms with Crippen LogP contribution >= 0.6 is 0 Å². The fourth-order valence-corrected chi connectivity index (χ4v) is 2.52. The van der Waals surface area contributed by atoms with Crippen molar-refractivity contribution in [1.82, 2.24) is 0 Å². The van der Waals surface area contributed by atoms with E-state index >= 15 is 0 Å². The lowest BCUT2D eigenvalue weighted by atomic mass is 9.91. The first-order valence-corrected chi connectivity index (χ1v) is 5.17. The summed E-state index contributed by atoms with van der Waals surface area (Å²) < 4.78 is 0. The van der Waals surface area contributed by atoms with Crippen LogP contribution in [0.4, 0.5) is 5.69 Å². The molecule has 2 saturated carbocycles. The van der Waals surface area contributed by atoms with Crippen LogP contribution in [0.15, 0.2) is 24.3 Å². The van der Waals surface area contributed by atoms with Gasteiger partial charge in [-0.1, -0.05) is 12.1 Å². The van der Waals surface area contributed by atoms with Gasteiger partial charge in [0.05, 0.1) is 0 Å². The summed E-state index contributed by atoms with van der Waals surface area (Å²) >= 11 is 0. The van der Waals surface area contributed by atoms with Crippen LogP contribution in [0.25, 0.3) is 0 Å². The molecule has 0 atom stereocenters. The lowest BCUT2D eigenvalue weighted by Gasteiger charge is -2.14. The van der Waals surface area contributed by atoms with Gasteiger partial charge in [0.2, 0.25) is 0 Å². The summed E-state index contributed by atoms with van der Waals surface area (Å²) in [5.74, 6) is 0.996. The molecule has 1 aromatic rings. The Morgan fingerprint density at radius 3 is 2.15 bits per heavy atom. The zero-order valence-electron chi connectivity index (χ0n) is 7.79. The second-order valence-corrected chi connectivity index (χ2v) is 4.55. The number of nitrogens with two attached hydrogens (primary N) is 1. The predicted molar refractivity (Wildman–Crippen MR) is 54.5 cm³/mol. The Labute approximate surface area is 78.9 Å². The van der Waals surface area contributed by atoms with E-state index in [1.807, 2.05) is 12.1 Å². The largest absolute Gasteiger partial charge is 0.399 e. The molecule has 2 fully saturated rings. The van der Waals surface area contributed by atoms with Crippen molar-refractivity contribution < 1.29 is 0 Å². The van der Waals surface area contributed by atoms with Crippen molar-refractivity contribution in [2.24, 2.45) is 5.92 Å². The van der Waals surface area contributed by atoms with Gasteiger partial charge in [-0.2, -0.15) is 0 Å². The van der Waals surface area contributed by atoms with Crippen LogP contribution in [-0.2, 0) is 5.41 Å². The fourth-order valence-electron chi connectivity index (χ4n) is 2.52. The third-order valence-electron chi connectivity index (χ3n) is 3.63. The molecule has 0 aromatic heterocycles. The lowest BCUT2D eigenvalue weighted by molar-refractivity contribution is 0.597. The molecule has 0 aliphatic heterocycles. The van der Waals surface area contributed by atoms with E-state index in [-0.39, 0.29) is 0 Å². The van der Waals surface area contributed by atoms with Crippen molar-refractivity contribution >= 4 is 5.69 Å². The predicted octanol–water partition coefficient (Wildman–Crippen LogP) is 2.71. The molecule has 0 bridgehead atoms. The first-order chi connectivity index (χ1) is 6.31. The van der Waals surface area contributed by atoms with Crippen molar-refractivity contribution in [3.05, 3.63) is 29.8 Å². The van der Waals surface area contributed by atoms with Gasteiger partial charge in [-0.05, 0) is 54.7 Å². The summed E-state index contributed by atoms with van der Waals surface area (Å²) in [6.45, 7) is 0. The topological polar surface area (TPSA) is 26.0 Å². The van der Waals surface area contributed by atoms with Gasteiger partial charge in [0, 0.05) is 5.69 Å². The molecular weight excluding hydrogens is 158 g/mol. The van der Waals surface area contributed by atoms with Gasteiger partial charge in [0.1, 0.15) is 0 Å². The Kier molecular flexibility index (Phi) is 1.30. The second-order valence-electron chi connectivity index (χ2n) is 4.55. The Morgan fingerprint density at radius 1 is 1.08 bits per heavy atom. The Balaban J connectivity index is 1.95. The van der Waals surface area contributed by atoms with Gasteiger partial charge in [-0.25, -0.2) is 0 Å². The van der Waals surface area contributed by atoms with Crippen LogP contribution in [0.5, 0.6) is 0 Å². The quantitative estimate of drug-likeness (QED) is 0.684. The molecule has 0 radical (unpaired) electrons. The summed E-state index contributed by atoms with van der Waals surface area (Å²) in [6.07, 6.45) is 5.71. The van der Waals surface area contributed by atoms with Gasteiger partial charge >= 0.3 is 0 Å². The average Bonchev–Trinajstić information content (AvgIpc) is 3.00. The summed E-state index contributed by atoms with van der Waals surface area (Å²) in [6, 6.07) is 8.52. The number of hydrogen-bond donors (Lipinski definition) is 1. The SMILES string of the molecule is Nc1ccc(C2(C3CC3)CC2)cc1. The highest BCUT2D eigenvalue weighted by Crippen LogP contribution is 2.62. The van der Waals surface area contributed by atoms with Crippen molar-refractivity contribution in [3.8, 4) is 0 Å². The first kappa shape index (κ1) is 7.43. The number of hydrogen-bond acceptors (Lipinski definition) is 1. The van der Waals surface area contributed by atoms with Crippen LogP contribution < -0.4 is 5.73 Å². The van der Waals surface area contributed by atoms with Gasteiger partial charge in [-0.15, -0.1) is 0 Å². The van der Waals surface area contributed by atoms with E-state index in [4.69, 9.17) is 5.73 Å². The molecule has 0 unspecified atom stereocenters. The Hall–Kier alpha value is -0.980. The van der Waals surface area contributed by atoms with E-state index in [9.17, 15) is 0 Å². The molecule has 0 saturated heterocycles. The molecule has 0 amide bonds. The molecular formula is C12H15N. The number of nitrogen functional groups attached to an aromatic ring is 1. The van der Waals surface area contributed by atoms with E-state index in [1.54, 1.807) is 0 Å². The Morgan fingerprint density at radius 2 is 1.69 bits per heavy atom. The maximum atomic E-state index is 5.68. The Bertz CT molecular complexity index is 317. The zero-order chi connectivity index (χ0) is 8.89. The van der Waals surface area contributed by atoms with Crippen molar-refractivity contribution in [1.29, 1.82) is 0 Å². The lowest BCUT2D eigenvalue weighted by Crippen LogP contribution is -2.08. The van der Waals surface area contributed by atoms with Crippen molar-refractivity contribution in [2.45, 2.75) is 31.1 Å². The molecule has 2 N–H and O–H groups in total. The molecule has 1 heteroatoms. The van der Waals surface area contributed by atoms with Gasteiger partial charge in [0.25, 0.3) is 0 Å². The normalized spacial score (nSPS) is 24.3. The molecule has 3 rings (SSSR count). The highest BCUT2D eigenvalue weighted by atomic mass is 14.6. The number of rotatable bonds is 2. The van der Waals surface area contributed by atoms with Crippen molar-refractivity contribution in [2.75, 3.05) is 5.73 Å². The van der Waals surface area contributed by atoms with Crippen LogP contribution in [0.2, 0.25) is 0 Å². The summed E-state index contributed by atoms with van der Waals surface area (Å²) in [7, 11) is 0. The maximum absolute atomic E-state index is 5.68. The van der Waals surface area contributed by atoms with Crippen LogP contribution in [0, 0.1) is 5.92 Å². The zero-order valence-corrected chi connectivity index (χ0v) is 7.79. The monoisotopic (exact) mass is 173 g/mol. The molecule has 2 aliphatic rings. The van der Waals surface area contributed by atoms with E-state index in [1.165, 1.54) is 31.2 Å². The number of anilines is 1.